The molecule has 0 bridgehead atoms. The summed E-state index contributed by atoms with van der Waals surface area (Å²) in [6.45, 7) is 0. The van der Waals surface area contributed by atoms with Gasteiger partial charge in [0.15, 0.2) is 5.84 Å². The van der Waals surface area contributed by atoms with Gasteiger partial charge in [-0.05, 0) is 36.4 Å². The van der Waals surface area contributed by atoms with Crippen molar-refractivity contribution in [1.82, 2.24) is 10.9 Å². The van der Waals surface area contributed by atoms with Gasteiger partial charge in [-0.3, -0.25) is 25.8 Å². The minimum absolute atomic E-state index is 0.0283. The van der Waals surface area contributed by atoms with Crippen molar-refractivity contribution in [3.8, 4) is 0 Å². The molecule has 3 aromatic rings. The van der Waals surface area contributed by atoms with Gasteiger partial charge in [0.1, 0.15) is 0 Å². The van der Waals surface area contributed by atoms with Crippen LogP contribution in [0.1, 0.15) is 5.56 Å². The molecule has 0 heterocycles. The van der Waals surface area contributed by atoms with Gasteiger partial charge in [-0.15, -0.1) is 0 Å². The van der Waals surface area contributed by atoms with Crippen molar-refractivity contribution >= 4 is 40.1 Å². The van der Waals surface area contributed by atoms with Gasteiger partial charge in [-0.2, -0.15) is 0 Å². The molecule has 0 aromatic heterocycles. The van der Waals surface area contributed by atoms with Crippen LogP contribution in [0.2, 0.25) is 0 Å². The van der Waals surface area contributed by atoms with Crippen LogP contribution in [-0.4, -0.2) is 16.0 Å². The van der Waals surface area contributed by atoms with Gasteiger partial charge in [0, 0.05) is 35.3 Å². The number of hydrogen-bond donors (Lipinski definition) is 3. The quantitative estimate of drug-likeness (QED) is 0.187. The largest absolute Gasteiger partial charge is 0.322 e. The van der Waals surface area contributed by atoms with E-state index in [9.17, 15) is 14.9 Å². The zero-order valence-electron chi connectivity index (χ0n) is 15.1. The highest BCUT2D eigenvalue weighted by Gasteiger charge is 2.10. The second kappa shape index (κ2) is 9.90. The first kappa shape index (κ1) is 19.9. The van der Waals surface area contributed by atoms with Crippen LogP contribution in [0.15, 0.2) is 89.9 Å². The third-order valence-electron chi connectivity index (χ3n) is 3.67. The van der Waals surface area contributed by atoms with E-state index in [0.29, 0.717) is 17.1 Å². The summed E-state index contributed by atoms with van der Waals surface area (Å²) in [6, 6.07) is 24.3. The van der Waals surface area contributed by atoms with Crippen LogP contribution in [0.5, 0.6) is 0 Å². The molecule has 8 nitrogen and oxygen atoms in total. The number of para-hydroxylation sites is 2. The van der Waals surface area contributed by atoms with E-state index in [0.717, 1.165) is 17.6 Å². The Balaban J connectivity index is 1.70. The average molecular weight is 407 g/mol. The number of anilines is 1. The Kier molecular flexibility index (Phi) is 6.80. The maximum Gasteiger partial charge on any atom is 0.317 e. The summed E-state index contributed by atoms with van der Waals surface area (Å²) in [5.74, 6) is 0.347. The monoisotopic (exact) mass is 407 g/mol. The molecule has 9 heteroatoms. The number of amides is 1. The van der Waals surface area contributed by atoms with Crippen molar-refractivity contribution in [2.45, 2.75) is 0 Å². The van der Waals surface area contributed by atoms with Gasteiger partial charge < -0.3 is 4.72 Å². The lowest BCUT2D eigenvalue weighted by molar-refractivity contribution is -0.384. The van der Waals surface area contributed by atoms with Crippen molar-refractivity contribution in [1.29, 1.82) is 0 Å². The maximum atomic E-state index is 12.1. The molecule has 0 atom stereocenters. The Morgan fingerprint density at radius 3 is 2.10 bits per heavy atom. The lowest BCUT2D eigenvalue weighted by Gasteiger charge is -2.12. The number of hydrogen-bond acceptors (Lipinski definition) is 6. The van der Waals surface area contributed by atoms with E-state index < -0.39 is 4.92 Å². The van der Waals surface area contributed by atoms with Crippen LogP contribution in [0.4, 0.5) is 21.9 Å². The highest BCUT2D eigenvalue weighted by atomic mass is 32.2. The topological polar surface area (TPSA) is 109 Å². The van der Waals surface area contributed by atoms with Crippen molar-refractivity contribution in [2.24, 2.45) is 4.99 Å². The first-order chi connectivity index (χ1) is 14.1. The van der Waals surface area contributed by atoms with Crippen LogP contribution >= 0.6 is 11.9 Å². The third-order valence-corrected chi connectivity index (χ3v) is 4.29. The molecule has 0 spiro atoms. The minimum atomic E-state index is -0.473. The molecule has 3 aromatic carbocycles. The minimum Gasteiger partial charge on any atom is -0.322 e. The summed E-state index contributed by atoms with van der Waals surface area (Å²) >= 11 is 0.873. The van der Waals surface area contributed by atoms with Crippen LogP contribution < -0.4 is 15.6 Å². The van der Waals surface area contributed by atoms with Gasteiger partial charge in [0.2, 0.25) is 0 Å². The molecule has 0 saturated carbocycles. The van der Waals surface area contributed by atoms with E-state index in [1.165, 1.54) is 12.1 Å². The number of rotatable bonds is 5. The number of amidine groups is 1. The molecule has 1 amide bonds. The molecule has 3 N–H and O–H groups in total. The molecule has 0 aliphatic carbocycles. The predicted octanol–water partition coefficient (Wildman–Crippen LogP) is 4.65. The summed E-state index contributed by atoms with van der Waals surface area (Å²) in [4.78, 5) is 27.0. The fraction of sp³-hybridized carbons (Fsp3) is 0. The van der Waals surface area contributed by atoms with Gasteiger partial charge in [0.05, 0.1) is 10.6 Å². The number of nitro benzene ring substituents is 1. The van der Waals surface area contributed by atoms with E-state index in [-0.39, 0.29) is 10.9 Å². The van der Waals surface area contributed by atoms with E-state index in [1.54, 1.807) is 24.3 Å². The lowest BCUT2D eigenvalue weighted by Crippen LogP contribution is -2.40. The number of benzene rings is 3. The standard InChI is InChI=1S/C20H17N5O3S/c26-20(29-24-17-9-5-2-6-10-17)23-22-19(21-16-7-3-1-4-8-16)15-11-13-18(14-12-15)25(27)28/h1-14,24H,(H,21,22)(H,23,26). The number of nitrogens with zero attached hydrogens (tertiary/aromatic N) is 2. The third kappa shape index (κ3) is 6.08. The van der Waals surface area contributed by atoms with Crippen molar-refractivity contribution < 1.29 is 9.72 Å². The Bertz CT molecular complexity index is 996. The summed E-state index contributed by atoms with van der Waals surface area (Å²) < 4.78 is 2.93. The second-order valence-electron chi connectivity index (χ2n) is 5.71. The second-order valence-corrected chi connectivity index (χ2v) is 6.49. The molecular weight excluding hydrogens is 390 g/mol. The maximum absolute atomic E-state index is 12.1. The molecule has 0 radical (unpaired) electrons. The number of nitro groups is 1. The van der Waals surface area contributed by atoms with E-state index in [2.05, 4.69) is 20.6 Å². The number of nitrogens with one attached hydrogen (secondary N) is 3. The number of non-ortho nitro benzene ring substituents is 1. The zero-order chi connectivity index (χ0) is 20.5. The van der Waals surface area contributed by atoms with Crippen LogP contribution in [-0.2, 0) is 0 Å². The van der Waals surface area contributed by atoms with E-state index in [4.69, 9.17) is 0 Å². The molecule has 3 rings (SSSR count). The summed E-state index contributed by atoms with van der Waals surface area (Å²) in [5.41, 5.74) is 7.36. The molecule has 0 unspecified atom stereocenters. The Morgan fingerprint density at radius 1 is 0.862 bits per heavy atom. The molecule has 0 saturated heterocycles. The highest BCUT2D eigenvalue weighted by Crippen LogP contribution is 2.16. The SMILES string of the molecule is O=C(NNC(=Nc1ccccc1)c1ccc([N+](=O)[O-])cc1)SNc1ccccc1. The Labute approximate surface area is 171 Å². The Morgan fingerprint density at radius 2 is 1.48 bits per heavy atom. The molecule has 29 heavy (non-hydrogen) atoms. The molecule has 146 valence electrons. The number of carbonyl (C=O) groups excluding carboxylic acids is 1. The average Bonchev–Trinajstić information content (AvgIpc) is 2.76. The predicted molar refractivity (Wildman–Crippen MR) is 115 cm³/mol. The van der Waals surface area contributed by atoms with Gasteiger partial charge in [-0.1, -0.05) is 36.4 Å². The number of aliphatic imine (C=N–C) groups is 1. The summed E-state index contributed by atoms with van der Waals surface area (Å²) in [5, 5.41) is 10.5. The zero-order valence-corrected chi connectivity index (χ0v) is 15.9. The van der Waals surface area contributed by atoms with Crippen LogP contribution in [0.25, 0.3) is 0 Å². The number of hydrazine groups is 1. The summed E-state index contributed by atoms with van der Waals surface area (Å²) in [6.07, 6.45) is 0. The first-order valence-corrected chi connectivity index (χ1v) is 9.36. The van der Waals surface area contributed by atoms with Crippen LogP contribution in [0.3, 0.4) is 0 Å². The fourth-order valence-corrected chi connectivity index (χ4v) is 2.73. The lowest BCUT2D eigenvalue weighted by atomic mass is 10.2. The van der Waals surface area contributed by atoms with Gasteiger partial charge in [-0.25, -0.2) is 4.99 Å². The van der Waals surface area contributed by atoms with Gasteiger partial charge >= 0.3 is 5.24 Å². The number of carbonyl (C=O) groups is 1. The molecular formula is C20H17N5O3S. The normalized spacial score (nSPS) is 10.8. The van der Waals surface area contributed by atoms with Gasteiger partial charge in [0.25, 0.3) is 5.69 Å². The Hall–Kier alpha value is -3.85. The summed E-state index contributed by atoms with van der Waals surface area (Å²) in [7, 11) is 0. The smallest absolute Gasteiger partial charge is 0.317 e. The molecule has 0 aliphatic rings. The van der Waals surface area contributed by atoms with E-state index >= 15 is 0 Å². The van der Waals surface area contributed by atoms with Crippen LogP contribution in [0, 0.1) is 10.1 Å². The molecule has 0 fully saturated rings. The van der Waals surface area contributed by atoms with Crippen molar-refractivity contribution in [3.05, 3.63) is 101 Å². The highest BCUT2D eigenvalue weighted by molar-refractivity contribution is 8.14. The fourth-order valence-electron chi connectivity index (χ4n) is 2.28. The van der Waals surface area contributed by atoms with Crippen molar-refractivity contribution in [2.75, 3.05) is 4.72 Å². The van der Waals surface area contributed by atoms with E-state index in [1.807, 2.05) is 48.5 Å². The first-order valence-electron chi connectivity index (χ1n) is 8.54. The molecule has 0 aliphatic heterocycles. The van der Waals surface area contributed by atoms with Crippen molar-refractivity contribution in [3.63, 3.8) is 0 Å².